The second-order valence-electron chi connectivity index (χ2n) is 6.39. The minimum absolute atomic E-state index is 0.110. The molecule has 1 aromatic carbocycles. The number of ether oxygens (including phenoxy) is 1. The van der Waals surface area contributed by atoms with Crippen LogP contribution >= 0.6 is 11.6 Å². The zero-order valence-electron chi connectivity index (χ0n) is 16.1. The molecule has 2 N–H and O–H groups in total. The number of methoxy groups -OCH3 is 1. The number of carbonyl (C=O) groups excluding carboxylic acids is 1. The van der Waals surface area contributed by atoms with Crippen molar-refractivity contribution in [2.75, 3.05) is 12.4 Å². The fourth-order valence-corrected chi connectivity index (χ4v) is 3.15. The number of aryl methyl sites for hydroxylation is 2. The first-order valence-corrected chi connectivity index (χ1v) is 9.10. The van der Waals surface area contributed by atoms with Gasteiger partial charge in [0.2, 0.25) is 0 Å². The first kappa shape index (κ1) is 20.3. The molecule has 0 saturated heterocycles. The van der Waals surface area contributed by atoms with Gasteiger partial charge < -0.3 is 15.0 Å². The van der Waals surface area contributed by atoms with Crippen LogP contribution in [-0.2, 0) is 11.3 Å². The molecule has 0 amide bonds. The maximum Gasteiger partial charge on any atom is 0.340 e. The van der Waals surface area contributed by atoms with Crippen LogP contribution in [0, 0.1) is 13.8 Å². The number of aromatic nitrogens is 3. The zero-order chi connectivity index (χ0) is 21.1. The highest BCUT2D eigenvalue weighted by Crippen LogP contribution is 2.19. The predicted molar refractivity (Wildman–Crippen MR) is 110 cm³/mol. The summed E-state index contributed by atoms with van der Waals surface area (Å²) in [5.74, 6) is -0.596. The SMILES string of the molecule is COC(=O)c1ccccc1-n1ncc(NCc2c(C)cc(C)[nH]c2=O)c(Cl)c1=O. The number of benzene rings is 1. The molecular weight excluding hydrogens is 396 g/mol. The van der Waals surface area contributed by atoms with E-state index < -0.39 is 11.5 Å². The van der Waals surface area contributed by atoms with Gasteiger partial charge in [0.15, 0.2) is 0 Å². The lowest BCUT2D eigenvalue weighted by molar-refractivity contribution is 0.0600. The molecule has 29 heavy (non-hydrogen) atoms. The highest BCUT2D eigenvalue weighted by Gasteiger charge is 2.17. The van der Waals surface area contributed by atoms with Gasteiger partial charge in [-0.25, -0.2) is 4.79 Å². The van der Waals surface area contributed by atoms with Crippen LogP contribution in [0.4, 0.5) is 5.69 Å². The summed E-state index contributed by atoms with van der Waals surface area (Å²) in [7, 11) is 1.25. The van der Waals surface area contributed by atoms with Crippen molar-refractivity contribution < 1.29 is 9.53 Å². The van der Waals surface area contributed by atoms with E-state index in [1.807, 2.05) is 13.0 Å². The second kappa shape index (κ2) is 8.32. The molecule has 0 atom stereocenters. The summed E-state index contributed by atoms with van der Waals surface area (Å²) in [5.41, 5.74) is 2.02. The maximum absolute atomic E-state index is 12.8. The number of rotatable bonds is 5. The molecule has 2 aromatic heterocycles. The molecule has 3 rings (SSSR count). The lowest BCUT2D eigenvalue weighted by Crippen LogP contribution is -2.25. The Balaban J connectivity index is 1.95. The monoisotopic (exact) mass is 414 g/mol. The Kier molecular flexibility index (Phi) is 5.84. The summed E-state index contributed by atoms with van der Waals surface area (Å²) in [6, 6.07) is 8.28. The first-order valence-electron chi connectivity index (χ1n) is 8.72. The molecule has 3 aromatic rings. The largest absolute Gasteiger partial charge is 0.465 e. The summed E-state index contributed by atoms with van der Waals surface area (Å²) in [5, 5.41) is 6.99. The fraction of sp³-hybridized carbons (Fsp3) is 0.200. The molecule has 9 heteroatoms. The average molecular weight is 415 g/mol. The van der Waals surface area contributed by atoms with Gasteiger partial charge in [0.05, 0.1) is 30.2 Å². The van der Waals surface area contributed by atoms with Crippen LogP contribution in [0.15, 0.2) is 46.1 Å². The van der Waals surface area contributed by atoms with Crippen LogP contribution in [0.1, 0.15) is 27.2 Å². The van der Waals surface area contributed by atoms with Crippen molar-refractivity contribution >= 4 is 23.3 Å². The Morgan fingerprint density at radius 2 is 2.00 bits per heavy atom. The van der Waals surface area contributed by atoms with E-state index in [-0.39, 0.29) is 34.1 Å². The van der Waals surface area contributed by atoms with E-state index in [0.717, 1.165) is 15.9 Å². The molecule has 2 heterocycles. The van der Waals surface area contributed by atoms with Gasteiger partial charge in [-0.2, -0.15) is 9.78 Å². The highest BCUT2D eigenvalue weighted by atomic mass is 35.5. The van der Waals surface area contributed by atoms with E-state index >= 15 is 0 Å². The minimum atomic E-state index is -0.609. The van der Waals surface area contributed by atoms with Crippen molar-refractivity contribution in [3.8, 4) is 5.69 Å². The summed E-state index contributed by atoms with van der Waals surface area (Å²) in [6.07, 6.45) is 1.37. The van der Waals surface area contributed by atoms with E-state index in [1.54, 1.807) is 25.1 Å². The molecule has 0 aliphatic carbocycles. The van der Waals surface area contributed by atoms with E-state index in [0.29, 0.717) is 5.56 Å². The second-order valence-corrected chi connectivity index (χ2v) is 6.77. The van der Waals surface area contributed by atoms with Crippen LogP contribution in [0.25, 0.3) is 5.69 Å². The van der Waals surface area contributed by atoms with E-state index in [4.69, 9.17) is 16.3 Å². The summed E-state index contributed by atoms with van der Waals surface area (Å²) in [6.45, 7) is 3.81. The van der Waals surface area contributed by atoms with Crippen LogP contribution < -0.4 is 16.4 Å². The first-order chi connectivity index (χ1) is 13.8. The van der Waals surface area contributed by atoms with Crippen molar-refractivity contribution in [2.45, 2.75) is 20.4 Å². The molecule has 0 saturated carbocycles. The molecule has 0 aliphatic heterocycles. The standard InChI is InChI=1S/C20H19ClN4O4/c1-11-8-12(2)24-18(26)14(11)9-22-15-10-23-25(19(27)17(15)21)16-7-5-4-6-13(16)20(28)29-3/h4-8,10,22H,9H2,1-3H3,(H,24,26). The van der Waals surface area contributed by atoms with Crippen LogP contribution in [0.2, 0.25) is 5.02 Å². The normalized spacial score (nSPS) is 10.6. The third-order valence-electron chi connectivity index (χ3n) is 4.41. The fourth-order valence-electron chi connectivity index (χ4n) is 2.95. The summed E-state index contributed by atoms with van der Waals surface area (Å²) in [4.78, 5) is 39.6. The molecule has 0 unspecified atom stereocenters. The summed E-state index contributed by atoms with van der Waals surface area (Å²) >= 11 is 6.25. The lowest BCUT2D eigenvalue weighted by atomic mass is 10.1. The number of anilines is 1. The molecule has 0 aliphatic rings. The number of H-pyrrole nitrogens is 1. The molecule has 0 spiro atoms. The number of nitrogens with one attached hydrogen (secondary N) is 2. The molecule has 8 nitrogen and oxygen atoms in total. The third-order valence-corrected chi connectivity index (χ3v) is 4.77. The zero-order valence-corrected chi connectivity index (χ0v) is 16.8. The number of hydrogen-bond donors (Lipinski definition) is 2. The smallest absolute Gasteiger partial charge is 0.340 e. The topological polar surface area (TPSA) is 106 Å². The Labute approximate surface area is 171 Å². The van der Waals surface area contributed by atoms with Crippen molar-refractivity contribution in [3.05, 3.63) is 84.6 Å². The van der Waals surface area contributed by atoms with Crippen molar-refractivity contribution in [2.24, 2.45) is 0 Å². The Morgan fingerprint density at radius 3 is 2.69 bits per heavy atom. The van der Waals surface area contributed by atoms with Gasteiger partial charge in [-0.3, -0.25) is 9.59 Å². The molecular formula is C20H19ClN4O4. The van der Waals surface area contributed by atoms with Crippen LogP contribution in [0.3, 0.4) is 0 Å². The van der Waals surface area contributed by atoms with Gasteiger partial charge in [-0.1, -0.05) is 23.7 Å². The lowest BCUT2D eigenvalue weighted by Gasteiger charge is -2.13. The van der Waals surface area contributed by atoms with Gasteiger partial charge in [-0.05, 0) is 37.6 Å². The maximum atomic E-state index is 12.8. The Morgan fingerprint density at radius 1 is 1.28 bits per heavy atom. The highest BCUT2D eigenvalue weighted by molar-refractivity contribution is 6.32. The number of nitrogens with zero attached hydrogens (tertiary/aromatic N) is 2. The number of carbonyl (C=O) groups is 1. The van der Waals surface area contributed by atoms with Gasteiger partial charge in [0.1, 0.15) is 5.02 Å². The molecule has 150 valence electrons. The van der Waals surface area contributed by atoms with Crippen molar-refractivity contribution in [1.29, 1.82) is 0 Å². The summed E-state index contributed by atoms with van der Waals surface area (Å²) < 4.78 is 5.78. The Hall–Kier alpha value is -3.39. The average Bonchev–Trinajstić information content (AvgIpc) is 2.69. The van der Waals surface area contributed by atoms with Crippen LogP contribution in [0.5, 0.6) is 0 Å². The van der Waals surface area contributed by atoms with Gasteiger partial charge in [0, 0.05) is 17.8 Å². The third kappa shape index (κ3) is 4.07. The molecule has 0 bridgehead atoms. The molecule has 0 radical (unpaired) electrons. The number of para-hydroxylation sites is 1. The van der Waals surface area contributed by atoms with Gasteiger partial charge in [-0.15, -0.1) is 0 Å². The molecule has 0 fully saturated rings. The van der Waals surface area contributed by atoms with Crippen molar-refractivity contribution in [3.63, 3.8) is 0 Å². The van der Waals surface area contributed by atoms with Crippen LogP contribution in [-0.4, -0.2) is 27.8 Å². The number of esters is 1. The number of hydrogen-bond acceptors (Lipinski definition) is 6. The van der Waals surface area contributed by atoms with Gasteiger partial charge >= 0.3 is 5.97 Å². The van der Waals surface area contributed by atoms with E-state index in [1.165, 1.54) is 19.4 Å². The van der Waals surface area contributed by atoms with E-state index in [2.05, 4.69) is 15.4 Å². The van der Waals surface area contributed by atoms with Gasteiger partial charge in [0.25, 0.3) is 11.1 Å². The number of halogens is 1. The quantitative estimate of drug-likeness (QED) is 0.621. The number of aromatic amines is 1. The Bertz CT molecular complexity index is 1200. The minimum Gasteiger partial charge on any atom is -0.465 e. The van der Waals surface area contributed by atoms with Crippen molar-refractivity contribution in [1.82, 2.24) is 14.8 Å². The van der Waals surface area contributed by atoms with E-state index in [9.17, 15) is 14.4 Å². The predicted octanol–water partition coefficient (Wildman–Crippen LogP) is 2.59. The number of pyridine rings is 1.